The van der Waals surface area contributed by atoms with E-state index in [1.165, 1.54) is 18.2 Å². The number of carbonyl (C=O) groups is 2. The maximum absolute atomic E-state index is 12.9. The van der Waals surface area contributed by atoms with Gasteiger partial charge in [0.15, 0.2) is 11.5 Å². The quantitative estimate of drug-likeness (QED) is 0.564. The lowest BCUT2D eigenvalue weighted by atomic mass is 10.1. The second kappa shape index (κ2) is 9.58. The SMILES string of the molecule is Cc1ccc(C(=O)NNC(=O)C(NS(=O)(=O)c2ccc3c(c2)OCCO3)C(C)C)c(C)c1. The number of hydrazine groups is 1. The highest BCUT2D eigenvalue weighted by atomic mass is 32.2. The van der Waals surface area contributed by atoms with Gasteiger partial charge in [0, 0.05) is 11.6 Å². The fourth-order valence-electron chi connectivity index (χ4n) is 3.25. The van der Waals surface area contributed by atoms with E-state index in [2.05, 4.69) is 15.6 Å². The molecule has 0 aliphatic carbocycles. The van der Waals surface area contributed by atoms with E-state index >= 15 is 0 Å². The third kappa shape index (κ3) is 5.38. The molecule has 9 nitrogen and oxygen atoms in total. The highest BCUT2D eigenvalue weighted by molar-refractivity contribution is 7.89. The molecule has 32 heavy (non-hydrogen) atoms. The Balaban J connectivity index is 1.70. The van der Waals surface area contributed by atoms with E-state index in [0.717, 1.165) is 11.1 Å². The van der Waals surface area contributed by atoms with Crippen LogP contribution in [0.15, 0.2) is 41.3 Å². The summed E-state index contributed by atoms with van der Waals surface area (Å²) in [5, 5.41) is 0. The van der Waals surface area contributed by atoms with Gasteiger partial charge < -0.3 is 9.47 Å². The molecule has 0 saturated carbocycles. The van der Waals surface area contributed by atoms with Crippen molar-refractivity contribution in [3.8, 4) is 11.5 Å². The minimum absolute atomic E-state index is 0.0560. The predicted molar refractivity (Wildman–Crippen MR) is 118 cm³/mol. The Bertz CT molecular complexity index is 1130. The summed E-state index contributed by atoms with van der Waals surface area (Å²) in [5.74, 6) is -0.778. The van der Waals surface area contributed by atoms with Crippen molar-refractivity contribution in [1.82, 2.24) is 15.6 Å². The standard InChI is InChI=1S/C22H27N3O6S/c1-13(2)20(22(27)24-23-21(26)17-7-5-14(3)11-15(17)4)25-32(28,29)16-6-8-18-19(12-16)31-10-9-30-18/h5-8,11-13,20,25H,9-10H2,1-4H3,(H,23,26)(H,24,27). The van der Waals surface area contributed by atoms with Gasteiger partial charge in [-0.15, -0.1) is 0 Å². The summed E-state index contributed by atoms with van der Waals surface area (Å²) < 4.78 is 39.1. The number of fused-ring (bicyclic) bond motifs is 1. The molecule has 0 fully saturated rings. The van der Waals surface area contributed by atoms with Crippen LogP contribution in [0, 0.1) is 19.8 Å². The van der Waals surface area contributed by atoms with Crippen molar-refractivity contribution in [2.45, 2.75) is 38.6 Å². The van der Waals surface area contributed by atoms with E-state index in [1.54, 1.807) is 32.9 Å². The molecular formula is C22H27N3O6S. The Morgan fingerprint density at radius 1 is 0.938 bits per heavy atom. The number of nitrogens with one attached hydrogen (secondary N) is 3. The molecule has 1 heterocycles. The number of hydrogen-bond acceptors (Lipinski definition) is 6. The summed E-state index contributed by atoms with van der Waals surface area (Å²) in [4.78, 5) is 25.1. The van der Waals surface area contributed by atoms with Crippen molar-refractivity contribution >= 4 is 21.8 Å². The van der Waals surface area contributed by atoms with E-state index in [1.807, 2.05) is 13.0 Å². The molecule has 10 heteroatoms. The Hall–Kier alpha value is -3.11. The van der Waals surface area contributed by atoms with Crippen molar-refractivity contribution in [2.75, 3.05) is 13.2 Å². The number of hydrogen-bond donors (Lipinski definition) is 3. The fourth-order valence-corrected chi connectivity index (χ4v) is 4.61. The Morgan fingerprint density at radius 3 is 2.28 bits per heavy atom. The fraction of sp³-hybridized carbons (Fsp3) is 0.364. The van der Waals surface area contributed by atoms with Crippen LogP contribution in [0.2, 0.25) is 0 Å². The summed E-state index contributed by atoms with van der Waals surface area (Å²) in [6.45, 7) is 7.81. The summed E-state index contributed by atoms with van der Waals surface area (Å²) in [6, 6.07) is 8.44. The highest BCUT2D eigenvalue weighted by Gasteiger charge is 2.29. The molecule has 0 radical (unpaired) electrons. The van der Waals surface area contributed by atoms with Crippen LogP contribution in [0.1, 0.15) is 35.3 Å². The molecule has 3 rings (SSSR count). The lowest BCUT2D eigenvalue weighted by Crippen LogP contribution is -2.54. The van der Waals surface area contributed by atoms with Crippen LogP contribution in [-0.4, -0.2) is 39.5 Å². The zero-order chi connectivity index (χ0) is 23.5. The lowest BCUT2D eigenvalue weighted by Gasteiger charge is -2.23. The molecular weight excluding hydrogens is 434 g/mol. The van der Waals surface area contributed by atoms with Crippen molar-refractivity contribution in [3.05, 3.63) is 53.1 Å². The summed E-state index contributed by atoms with van der Waals surface area (Å²) in [5.41, 5.74) is 6.85. The molecule has 1 unspecified atom stereocenters. The van der Waals surface area contributed by atoms with E-state index in [0.29, 0.717) is 30.3 Å². The molecule has 0 saturated heterocycles. The predicted octanol–water partition coefficient (Wildman–Crippen LogP) is 1.84. The molecule has 2 amide bonds. The zero-order valence-corrected chi connectivity index (χ0v) is 19.2. The molecule has 0 aromatic heterocycles. The molecule has 1 aliphatic rings. The zero-order valence-electron chi connectivity index (χ0n) is 18.4. The van der Waals surface area contributed by atoms with Crippen molar-refractivity contribution < 1.29 is 27.5 Å². The third-order valence-corrected chi connectivity index (χ3v) is 6.42. The first kappa shape index (κ1) is 23.6. The Kier molecular flexibility index (Phi) is 7.05. The van der Waals surface area contributed by atoms with Gasteiger partial charge in [0.25, 0.3) is 11.8 Å². The van der Waals surface area contributed by atoms with Crippen molar-refractivity contribution in [1.29, 1.82) is 0 Å². The number of sulfonamides is 1. The third-order valence-electron chi connectivity index (χ3n) is 4.98. The van der Waals surface area contributed by atoms with Gasteiger partial charge in [-0.2, -0.15) is 4.72 Å². The van der Waals surface area contributed by atoms with Crippen LogP contribution in [0.5, 0.6) is 11.5 Å². The van der Waals surface area contributed by atoms with Crippen LogP contribution in [-0.2, 0) is 14.8 Å². The second-order valence-electron chi connectivity index (χ2n) is 7.91. The van der Waals surface area contributed by atoms with Crippen molar-refractivity contribution in [3.63, 3.8) is 0 Å². The monoisotopic (exact) mass is 461 g/mol. The van der Waals surface area contributed by atoms with E-state index in [4.69, 9.17) is 9.47 Å². The maximum Gasteiger partial charge on any atom is 0.269 e. The summed E-state index contributed by atoms with van der Waals surface area (Å²) >= 11 is 0. The number of ether oxygens (including phenoxy) is 2. The van der Waals surface area contributed by atoms with Gasteiger partial charge in [-0.1, -0.05) is 31.5 Å². The summed E-state index contributed by atoms with van der Waals surface area (Å²) in [6.07, 6.45) is 0. The molecule has 0 spiro atoms. The minimum Gasteiger partial charge on any atom is -0.486 e. The van der Waals surface area contributed by atoms with Crippen molar-refractivity contribution in [2.24, 2.45) is 5.92 Å². The first-order valence-electron chi connectivity index (χ1n) is 10.2. The van der Waals surface area contributed by atoms with Crippen LogP contribution < -0.4 is 25.0 Å². The molecule has 2 aromatic rings. The van der Waals surface area contributed by atoms with Crippen LogP contribution in [0.25, 0.3) is 0 Å². The number of benzene rings is 2. The molecule has 172 valence electrons. The van der Waals surface area contributed by atoms with Crippen LogP contribution in [0.3, 0.4) is 0 Å². The van der Waals surface area contributed by atoms with E-state index in [9.17, 15) is 18.0 Å². The normalized spacial score (nSPS) is 14.0. The van der Waals surface area contributed by atoms with E-state index < -0.39 is 27.9 Å². The first-order valence-corrected chi connectivity index (χ1v) is 11.7. The van der Waals surface area contributed by atoms with Gasteiger partial charge in [0.1, 0.15) is 19.3 Å². The van der Waals surface area contributed by atoms with E-state index in [-0.39, 0.29) is 10.8 Å². The molecule has 1 aliphatic heterocycles. The van der Waals surface area contributed by atoms with Gasteiger partial charge >= 0.3 is 0 Å². The van der Waals surface area contributed by atoms with Gasteiger partial charge in [-0.05, 0) is 43.5 Å². The number of aryl methyl sites for hydroxylation is 2. The topological polar surface area (TPSA) is 123 Å². The summed E-state index contributed by atoms with van der Waals surface area (Å²) in [7, 11) is -4.04. The smallest absolute Gasteiger partial charge is 0.269 e. The van der Waals surface area contributed by atoms with Crippen LogP contribution in [0.4, 0.5) is 0 Å². The maximum atomic E-state index is 12.9. The second-order valence-corrected chi connectivity index (χ2v) is 9.62. The molecule has 3 N–H and O–H groups in total. The molecule has 0 bridgehead atoms. The minimum atomic E-state index is -4.04. The van der Waals surface area contributed by atoms with Crippen LogP contribution >= 0.6 is 0 Å². The van der Waals surface area contributed by atoms with Gasteiger partial charge in [0.2, 0.25) is 10.0 Å². The van der Waals surface area contributed by atoms with Gasteiger partial charge in [-0.3, -0.25) is 20.4 Å². The first-order chi connectivity index (χ1) is 15.1. The largest absolute Gasteiger partial charge is 0.486 e. The number of amides is 2. The Morgan fingerprint density at radius 2 is 1.62 bits per heavy atom. The average Bonchev–Trinajstić information content (AvgIpc) is 2.75. The molecule has 1 atom stereocenters. The van der Waals surface area contributed by atoms with Gasteiger partial charge in [-0.25, -0.2) is 8.42 Å². The Labute approximate surface area is 187 Å². The van der Waals surface area contributed by atoms with Gasteiger partial charge in [0.05, 0.1) is 4.90 Å². The average molecular weight is 462 g/mol. The highest BCUT2D eigenvalue weighted by Crippen LogP contribution is 2.32. The lowest BCUT2D eigenvalue weighted by molar-refractivity contribution is -0.124. The number of carbonyl (C=O) groups excluding carboxylic acids is 2. The molecule has 2 aromatic carbocycles. The number of rotatable bonds is 6.